The second kappa shape index (κ2) is 4.68. The van der Waals surface area contributed by atoms with Crippen molar-refractivity contribution in [2.45, 2.75) is 19.8 Å². The van der Waals surface area contributed by atoms with Crippen LogP contribution >= 0.6 is 0 Å². The number of carbonyl (C=O) groups is 1. The maximum atomic E-state index is 10.8. The smallest absolute Gasteiger partial charge is 0.220 e. The van der Waals surface area contributed by atoms with Crippen LogP contribution in [-0.2, 0) is 11.2 Å². The first-order valence-corrected chi connectivity index (χ1v) is 4.81. The van der Waals surface area contributed by atoms with Gasteiger partial charge in [0.1, 0.15) is 0 Å². The van der Waals surface area contributed by atoms with Crippen molar-refractivity contribution in [3.8, 4) is 11.5 Å². The van der Waals surface area contributed by atoms with E-state index in [1.807, 2.05) is 0 Å². The highest BCUT2D eigenvalue weighted by Crippen LogP contribution is 2.25. The fraction of sp³-hybridized carbons (Fsp3) is 0.364. The van der Waals surface area contributed by atoms with Gasteiger partial charge in [0.15, 0.2) is 11.5 Å². The monoisotopic (exact) mass is 209 g/mol. The molecule has 1 amide bonds. The van der Waals surface area contributed by atoms with Crippen LogP contribution in [-0.4, -0.2) is 16.1 Å². The summed E-state index contributed by atoms with van der Waals surface area (Å²) in [6.07, 6.45) is 1.29. The number of rotatable bonds is 4. The van der Waals surface area contributed by atoms with Gasteiger partial charge >= 0.3 is 0 Å². The van der Waals surface area contributed by atoms with Crippen LogP contribution in [0.3, 0.4) is 0 Å². The molecule has 4 N–H and O–H groups in total. The third-order valence-corrected chi connectivity index (χ3v) is 2.39. The van der Waals surface area contributed by atoms with Crippen LogP contribution in [0.1, 0.15) is 18.9 Å². The molecule has 15 heavy (non-hydrogen) atoms. The predicted octanol–water partition coefficient (Wildman–Crippen LogP) is 1.15. The van der Waals surface area contributed by atoms with Crippen molar-refractivity contribution >= 4 is 5.91 Å². The van der Waals surface area contributed by atoms with Crippen LogP contribution in [0.5, 0.6) is 11.5 Å². The third-order valence-electron chi connectivity index (χ3n) is 2.39. The van der Waals surface area contributed by atoms with Crippen LogP contribution in [0.25, 0.3) is 0 Å². The molecule has 0 saturated carbocycles. The van der Waals surface area contributed by atoms with Crippen molar-refractivity contribution in [3.63, 3.8) is 0 Å². The largest absolute Gasteiger partial charge is 0.504 e. The summed E-state index contributed by atoms with van der Waals surface area (Å²) in [7, 11) is 0. The minimum absolute atomic E-state index is 0.137. The molecule has 1 aromatic carbocycles. The van der Waals surface area contributed by atoms with Crippen molar-refractivity contribution in [1.29, 1.82) is 0 Å². The van der Waals surface area contributed by atoms with E-state index in [0.29, 0.717) is 12.8 Å². The van der Waals surface area contributed by atoms with Gasteiger partial charge in [-0.2, -0.15) is 0 Å². The zero-order chi connectivity index (χ0) is 11.4. The van der Waals surface area contributed by atoms with Crippen LogP contribution in [0, 0.1) is 5.92 Å². The quantitative estimate of drug-likeness (QED) is 0.650. The Balaban J connectivity index is 2.58. The normalized spacial score (nSPS) is 12.3. The SMILES string of the molecule is CC(CCc1ccc(O)c(O)c1)C(N)=O. The molecule has 1 unspecified atom stereocenters. The number of primary amides is 1. The zero-order valence-electron chi connectivity index (χ0n) is 8.60. The van der Waals surface area contributed by atoms with Crippen LogP contribution in [0.2, 0.25) is 0 Å². The number of carbonyl (C=O) groups excluding carboxylic acids is 1. The van der Waals surface area contributed by atoms with Crippen molar-refractivity contribution < 1.29 is 15.0 Å². The van der Waals surface area contributed by atoms with Gasteiger partial charge in [-0.05, 0) is 30.5 Å². The molecule has 0 spiro atoms. The summed E-state index contributed by atoms with van der Waals surface area (Å²) >= 11 is 0. The van der Waals surface area contributed by atoms with Gasteiger partial charge in [-0.15, -0.1) is 0 Å². The van der Waals surface area contributed by atoms with Gasteiger partial charge < -0.3 is 15.9 Å². The van der Waals surface area contributed by atoms with Gasteiger partial charge in [0.2, 0.25) is 5.91 Å². The lowest BCUT2D eigenvalue weighted by Gasteiger charge is -2.07. The number of hydrogen-bond acceptors (Lipinski definition) is 3. The van der Waals surface area contributed by atoms with E-state index in [-0.39, 0.29) is 23.3 Å². The van der Waals surface area contributed by atoms with Crippen LogP contribution < -0.4 is 5.73 Å². The maximum absolute atomic E-state index is 10.8. The Hall–Kier alpha value is -1.71. The van der Waals surface area contributed by atoms with E-state index in [1.54, 1.807) is 13.0 Å². The molecule has 0 aromatic heterocycles. The molecule has 0 aliphatic rings. The van der Waals surface area contributed by atoms with E-state index >= 15 is 0 Å². The Morgan fingerprint density at radius 1 is 1.40 bits per heavy atom. The molecule has 0 bridgehead atoms. The Bertz CT molecular complexity index is 363. The number of amides is 1. The molecule has 1 aromatic rings. The lowest BCUT2D eigenvalue weighted by atomic mass is 10.0. The molecule has 1 atom stereocenters. The number of nitrogens with two attached hydrogens (primary N) is 1. The lowest BCUT2D eigenvalue weighted by molar-refractivity contribution is -0.121. The molecule has 82 valence electrons. The molecule has 0 radical (unpaired) electrons. The second-order valence-electron chi connectivity index (χ2n) is 3.67. The van der Waals surface area contributed by atoms with Crippen molar-refractivity contribution in [2.75, 3.05) is 0 Å². The van der Waals surface area contributed by atoms with E-state index in [0.717, 1.165) is 5.56 Å². The van der Waals surface area contributed by atoms with Crippen LogP contribution in [0.4, 0.5) is 0 Å². The predicted molar refractivity (Wildman–Crippen MR) is 56.5 cm³/mol. The molecule has 1 rings (SSSR count). The number of phenols is 2. The summed E-state index contributed by atoms with van der Waals surface area (Å²) in [5.74, 6) is -0.778. The first kappa shape index (κ1) is 11.4. The minimum atomic E-state index is -0.321. The molecule has 4 heteroatoms. The van der Waals surface area contributed by atoms with Crippen molar-refractivity contribution in [1.82, 2.24) is 0 Å². The Labute approximate surface area is 88.3 Å². The molecule has 4 nitrogen and oxygen atoms in total. The van der Waals surface area contributed by atoms with E-state index < -0.39 is 0 Å². The molecule has 0 aliphatic carbocycles. The highest BCUT2D eigenvalue weighted by Gasteiger charge is 2.09. The molecule has 0 fully saturated rings. The molecular weight excluding hydrogens is 194 g/mol. The number of phenolic OH excluding ortho intramolecular Hbond substituents is 2. The number of hydrogen-bond donors (Lipinski definition) is 3. The van der Waals surface area contributed by atoms with E-state index in [4.69, 9.17) is 10.8 Å². The van der Waals surface area contributed by atoms with E-state index in [1.165, 1.54) is 12.1 Å². The summed E-state index contributed by atoms with van der Waals surface area (Å²) < 4.78 is 0. The Kier molecular flexibility index (Phi) is 3.55. The number of aryl methyl sites for hydroxylation is 1. The summed E-state index contributed by atoms with van der Waals surface area (Å²) in [6.45, 7) is 1.77. The second-order valence-corrected chi connectivity index (χ2v) is 3.67. The van der Waals surface area contributed by atoms with Gasteiger partial charge in [0, 0.05) is 5.92 Å². The highest BCUT2D eigenvalue weighted by atomic mass is 16.3. The molecule has 0 aliphatic heterocycles. The maximum Gasteiger partial charge on any atom is 0.220 e. The third kappa shape index (κ3) is 3.16. The van der Waals surface area contributed by atoms with Crippen molar-refractivity contribution in [3.05, 3.63) is 23.8 Å². The molecule has 0 heterocycles. The Morgan fingerprint density at radius 3 is 2.60 bits per heavy atom. The minimum Gasteiger partial charge on any atom is -0.504 e. The first-order valence-electron chi connectivity index (χ1n) is 4.81. The topological polar surface area (TPSA) is 83.6 Å². The first-order chi connectivity index (χ1) is 7.00. The number of benzene rings is 1. The average Bonchev–Trinajstić information content (AvgIpc) is 2.19. The fourth-order valence-corrected chi connectivity index (χ4v) is 1.25. The van der Waals surface area contributed by atoms with Gasteiger partial charge in [-0.3, -0.25) is 4.79 Å². The van der Waals surface area contributed by atoms with E-state index in [2.05, 4.69) is 0 Å². The van der Waals surface area contributed by atoms with Gasteiger partial charge in [-0.1, -0.05) is 13.0 Å². The van der Waals surface area contributed by atoms with Crippen molar-refractivity contribution in [2.24, 2.45) is 11.7 Å². The van der Waals surface area contributed by atoms with Gasteiger partial charge in [0.25, 0.3) is 0 Å². The highest BCUT2D eigenvalue weighted by molar-refractivity contribution is 5.76. The average molecular weight is 209 g/mol. The summed E-state index contributed by atoms with van der Waals surface area (Å²) in [4.78, 5) is 10.8. The van der Waals surface area contributed by atoms with Crippen LogP contribution in [0.15, 0.2) is 18.2 Å². The standard InChI is InChI=1S/C11H15NO3/c1-7(11(12)15)2-3-8-4-5-9(13)10(14)6-8/h4-7,13-14H,2-3H2,1H3,(H2,12,15). The lowest BCUT2D eigenvalue weighted by Crippen LogP contribution is -2.20. The van der Waals surface area contributed by atoms with Gasteiger partial charge in [0.05, 0.1) is 0 Å². The van der Waals surface area contributed by atoms with E-state index in [9.17, 15) is 9.90 Å². The molecule has 0 saturated heterocycles. The Morgan fingerprint density at radius 2 is 2.07 bits per heavy atom. The number of aromatic hydroxyl groups is 2. The fourth-order valence-electron chi connectivity index (χ4n) is 1.25. The van der Waals surface area contributed by atoms with Gasteiger partial charge in [-0.25, -0.2) is 0 Å². The summed E-state index contributed by atoms with van der Waals surface area (Å²) in [6, 6.07) is 4.63. The summed E-state index contributed by atoms with van der Waals surface area (Å²) in [5.41, 5.74) is 6.00. The molecular formula is C11H15NO3. The zero-order valence-corrected chi connectivity index (χ0v) is 8.60. The summed E-state index contributed by atoms with van der Waals surface area (Å²) in [5, 5.41) is 18.3.